The topological polar surface area (TPSA) is 104 Å². The summed E-state index contributed by atoms with van der Waals surface area (Å²) in [5, 5.41) is 0. The summed E-state index contributed by atoms with van der Waals surface area (Å²) in [7, 11) is 0. The number of hydrogen-bond acceptors (Lipinski definition) is 5. The molecular formula is C21H29N5O3. The molecule has 0 saturated carbocycles. The van der Waals surface area contributed by atoms with E-state index in [0.29, 0.717) is 6.04 Å². The number of anilines is 2. The van der Waals surface area contributed by atoms with Crippen LogP contribution in [0.1, 0.15) is 38.7 Å². The number of piperidine rings is 1. The normalized spacial score (nSPS) is 17.2. The predicted octanol–water partition coefficient (Wildman–Crippen LogP) is 1.39. The predicted molar refractivity (Wildman–Crippen MR) is 114 cm³/mol. The van der Waals surface area contributed by atoms with Gasteiger partial charge >= 0.3 is 5.69 Å². The second kappa shape index (κ2) is 9.09. The number of nitrogens with one attached hydrogen (secondary N) is 1. The Balaban J connectivity index is 1.92. The summed E-state index contributed by atoms with van der Waals surface area (Å²) in [4.78, 5) is 43.8. The Morgan fingerprint density at radius 2 is 1.97 bits per heavy atom. The SMILES string of the molecule is CCN(C(=O)CN1CCCC[C@H]1C)c1c(N)n(Cc2ccccc2)c(=O)[nH]c1=O. The Bertz CT molecular complexity index is 967. The summed E-state index contributed by atoms with van der Waals surface area (Å²) in [6.45, 7) is 5.50. The number of nitrogens with zero attached hydrogens (tertiary/aromatic N) is 3. The van der Waals surface area contributed by atoms with E-state index < -0.39 is 11.2 Å². The van der Waals surface area contributed by atoms with Crippen LogP contribution in [-0.4, -0.2) is 46.0 Å². The maximum Gasteiger partial charge on any atom is 0.330 e. The first-order valence-corrected chi connectivity index (χ1v) is 10.1. The minimum absolute atomic E-state index is 0.00416. The number of likely N-dealkylation sites (N-methyl/N-ethyl adjacent to an activating group) is 1. The Labute approximate surface area is 169 Å². The van der Waals surface area contributed by atoms with Gasteiger partial charge in [-0.15, -0.1) is 0 Å². The van der Waals surface area contributed by atoms with E-state index in [9.17, 15) is 14.4 Å². The van der Waals surface area contributed by atoms with Crippen molar-refractivity contribution >= 4 is 17.4 Å². The van der Waals surface area contributed by atoms with Gasteiger partial charge in [-0.2, -0.15) is 0 Å². The Morgan fingerprint density at radius 3 is 2.62 bits per heavy atom. The third-order valence-electron chi connectivity index (χ3n) is 5.56. The smallest absolute Gasteiger partial charge is 0.330 e. The highest BCUT2D eigenvalue weighted by molar-refractivity contribution is 5.96. The number of nitrogens with two attached hydrogens (primary N) is 1. The lowest BCUT2D eigenvalue weighted by atomic mass is 10.0. The fourth-order valence-corrected chi connectivity index (χ4v) is 3.87. The highest BCUT2D eigenvalue weighted by Gasteiger charge is 2.27. The molecule has 2 aromatic rings. The molecule has 0 unspecified atom stereocenters. The van der Waals surface area contributed by atoms with E-state index in [0.717, 1.165) is 24.9 Å². The summed E-state index contributed by atoms with van der Waals surface area (Å²) in [6, 6.07) is 9.69. The van der Waals surface area contributed by atoms with Crippen molar-refractivity contribution in [1.29, 1.82) is 0 Å². The van der Waals surface area contributed by atoms with Gasteiger partial charge in [-0.05, 0) is 38.8 Å². The van der Waals surface area contributed by atoms with E-state index in [1.54, 1.807) is 6.92 Å². The number of likely N-dealkylation sites (tertiary alicyclic amines) is 1. The quantitative estimate of drug-likeness (QED) is 0.764. The molecule has 1 aliphatic rings. The molecule has 1 saturated heterocycles. The monoisotopic (exact) mass is 399 g/mol. The molecule has 1 fully saturated rings. The van der Waals surface area contributed by atoms with E-state index in [1.165, 1.54) is 15.9 Å². The van der Waals surface area contributed by atoms with Crippen molar-refractivity contribution in [2.24, 2.45) is 0 Å². The lowest BCUT2D eigenvalue weighted by Gasteiger charge is -2.34. The molecule has 1 aromatic carbocycles. The van der Waals surface area contributed by atoms with Gasteiger partial charge in [0.1, 0.15) is 5.82 Å². The summed E-state index contributed by atoms with van der Waals surface area (Å²) in [6.07, 6.45) is 3.29. The van der Waals surface area contributed by atoms with E-state index in [4.69, 9.17) is 5.73 Å². The molecule has 2 heterocycles. The van der Waals surface area contributed by atoms with Gasteiger partial charge in [-0.25, -0.2) is 4.79 Å². The second-order valence-electron chi connectivity index (χ2n) is 7.52. The van der Waals surface area contributed by atoms with Gasteiger partial charge < -0.3 is 10.6 Å². The van der Waals surface area contributed by atoms with E-state index in [-0.39, 0.29) is 37.0 Å². The number of rotatable bonds is 6. The minimum Gasteiger partial charge on any atom is -0.383 e. The number of aromatic nitrogens is 2. The molecule has 1 amide bonds. The van der Waals surface area contributed by atoms with Crippen LogP contribution < -0.4 is 21.9 Å². The zero-order valence-corrected chi connectivity index (χ0v) is 17.1. The summed E-state index contributed by atoms with van der Waals surface area (Å²) < 4.78 is 1.30. The van der Waals surface area contributed by atoms with Crippen LogP contribution in [0.5, 0.6) is 0 Å². The van der Waals surface area contributed by atoms with Crippen LogP contribution in [0.3, 0.4) is 0 Å². The minimum atomic E-state index is -0.640. The zero-order valence-electron chi connectivity index (χ0n) is 17.1. The van der Waals surface area contributed by atoms with Gasteiger partial charge in [-0.3, -0.25) is 24.0 Å². The Hall–Kier alpha value is -2.87. The molecular weight excluding hydrogens is 370 g/mol. The number of hydrogen-bond donors (Lipinski definition) is 2. The molecule has 0 spiro atoms. The maximum atomic E-state index is 13.0. The lowest BCUT2D eigenvalue weighted by Crippen LogP contribution is -2.48. The molecule has 1 aromatic heterocycles. The molecule has 3 N–H and O–H groups in total. The second-order valence-corrected chi connectivity index (χ2v) is 7.52. The number of aromatic amines is 1. The Kier molecular flexibility index (Phi) is 6.53. The average molecular weight is 399 g/mol. The molecule has 0 bridgehead atoms. The zero-order chi connectivity index (χ0) is 21.0. The summed E-state index contributed by atoms with van der Waals surface area (Å²) in [5.41, 5.74) is 5.92. The average Bonchev–Trinajstić information content (AvgIpc) is 2.70. The molecule has 8 nitrogen and oxygen atoms in total. The van der Waals surface area contributed by atoms with Crippen LogP contribution in [-0.2, 0) is 11.3 Å². The van der Waals surface area contributed by atoms with E-state index in [2.05, 4.69) is 16.8 Å². The molecule has 29 heavy (non-hydrogen) atoms. The molecule has 1 atom stereocenters. The fraction of sp³-hybridized carbons (Fsp3) is 0.476. The van der Waals surface area contributed by atoms with Crippen LogP contribution in [0.25, 0.3) is 0 Å². The van der Waals surface area contributed by atoms with E-state index in [1.807, 2.05) is 30.3 Å². The molecule has 3 rings (SSSR count). The molecule has 0 aliphatic carbocycles. The van der Waals surface area contributed by atoms with Crippen LogP contribution in [0.15, 0.2) is 39.9 Å². The van der Waals surface area contributed by atoms with Crippen molar-refractivity contribution < 1.29 is 4.79 Å². The largest absolute Gasteiger partial charge is 0.383 e. The third-order valence-corrected chi connectivity index (χ3v) is 5.56. The Morgan fingerprint density at radius 1 is 1.24 bits per heavy atom. The summed E-state index contributed by atoms with van der Waals surface area (Å²) >= 11 is 0. The van der Waals surface area contributed by atoms with Crippen LogP contribution in [0.4, 0.5) is 11.5 Å². The van der Waals surface area contributed by atoms with Crippen molar-refractivity contribution in [3.63, 3.8) is 0 Å². The first kappa shape index (κ1) is 20.9. The van der Waals surface area contributed by atoms with Crippen molar-refractivity contribution in [2.45, 2.75) is 45.7 Å². The van der Waals surface area contributed by atoms with Gasteiger partial charge in [-0.1, -0.05) is 36.8 Å². The van der Waals surface area contributed by atoms with Gasteiger partial charge in [0.05, 0.1) is 13.1 Å². The van der Waals surface area contributed by atoms with Gasteiger partial charge in [0, 0.05) is 12.6 Å². The standard InChI is InChI=1S/C21H29N5O3/c1-3-25(17(27)14-24-12-8-7-9-15(24)2)18-19(22)26(21(29)23-20(18)28)13-16-10-5-4-6-11-16/h4-6,10-11,15H,3,7-9,12-14,22H2,1-2H3,(H,23,28,29)/t15-/m1/s1. The summed E-state index contributed by atoms with van der Waals surface area (Å²) in [5.74, 6) is -0.187. The fourth-order valence-electron chi connectivity index (χ4n) is 3.87. The van der Waals surface area contributed by atoms with Gasteiger partial charge in [0.25, 0.3) is 5.56 Å². The number of benzene rings is 1. The van der Waals surface area contributed by atoms with Gasteiger partial charge in [0.2, 0.25) is 5.91 Å². The number of nitrogen functional groups attached to an aromatic ring is 1. The maximum absolute atomic E-state index is 13.0. The van der Waals surface area contributed by atoms with E-state index >= 15 is 0 Å². The van der Waals surface area contributed by atoms with Crippen molar-refractivity contribution in [2.75, 3.05) is 30.3 Å². The van der Waals surface area contributed by atoms with Crippen molar-refractivity contribution in [1.82, 2.24) is 14.5 Å². The first-order valence-electron chi connectivity index (χ1n) is 10.1. The van der Waals surface area contributed by atoms with Crippen LogP contribution in [0.2, 0.25) is 0 Å². The number of carbonyl (C=O) groups is 1. The molecule has 1 aliphatic heterocycles. The van der Waals surface area contributed by atoms with Crippen LogP contribution in [0, 0.1) is 0 Å². The molecule has 156 valence electrons. The highest BCUT2D eigenvalue weighted by atomic mass is 16.2. The number of amides is 1. The molecule has 8 heteroatoms. The van der Waals surface area contributed by atoms with Gasteiger partial charge in [0.15, 0.2) is 5.69 Å². The highest BCUT2D eigenvalue weighted by Crippen LogP contribution is 2.20. The number of H-pyrrole nitrogens is 1. The van der Waals surface area contributed by atoms with Crippen molar-refractivity contribution in [3.05, 3.63) is 56.7 Å². The first-order chi connectivity index (χ1) is 13.9. The lowest BCUT2D eigenvalue weighted by molar-refractivity contribution is -0.120. The van der Waals surface area contributed by atoms with Crippen LogP contribution >= 0.6 is 0 Å². The third kappa shape index (κ3) is 4.59. The molecule has 0 radical (unpaired) electrons. The number of carbonyl (C=O) groups excluding carboxylic acids is 1. The van der Waals surface area contributed by atoms with Crippen molar-refractivity contribution in [3.8, 4) is 0 Å².